The molecule has 0 bridgehead atoms. The number of halogens is 2. The summed E-state index contributed by atoms with van der Waals surface area (Å²) >= 11 is 13.3. The molecule has 0 saturated carbocycles. The van der Waals surface area contributed by atoms with Crippen LogP contribution in [0.1, 0.15) is 44.7 Å². The topological polar surface area (TPSA) is 122 Å². The smallest absolute Gasteiger partial charge is 0.428 e. The number of fused-ring (bicyclic) bond motifs is 1. The number of H-pyrrole nitrogens is 1. The third kappa shape index (κ3) is 6.19. The number of benzene rings is 2. The quantitative estimate of drug-likeness (QED) is 0.286. The van der Waals surface area contributed by atoms with Gasteiger partial charge in [-0.1, -0.05) is 23.2 Å². The van der Waals surface area contributed by atoms with Crippen LogP contribution in [0.3, 0.4) is 0 Å². The van der Waals surface area contributed by atoms with Crippen LogP contribution in [-0.4, -0.2) is 50.6 Å². The van der Waals surface area contributed by atoms with E-state index in [1.54, 1.807) is 41.5 Å². The zero-order valence-corrected chi connectivity index (χ0v) is 22.0. The molecule has 192 valence electrons. The number of amides is 1. The highest BCUT2D eigenvalue weighted by molar-refractivity contribution is 7.14. The number of nitrogens with one attached hydrogen (secondary N) is 2. The Bertz CT molecular complexity index is 1430. The van der Waals surface area contributed by atoms with E-state index in [1.165, 1.54) is 11.3 Å². The molecule has 1 amide bonds. The number of nitrogens with zero attached hydrogens (tertiary/aromatic N) is 4. The summed E-state index contributed by atoms with van der Waals surface area (Å²) in [6, 6.07) is 10.3. The van der Waals surface area contributed by atoms with Crippen LogP contribution >= 0.6 is 34.5 Å². The fourth-order valence-electron chi connectivity index (χ4n) is 4.07. The molecule has 2 aromatic heterocycles. The molecule has 5 rings (SSSR count). The normalized spacial score (nSPS) is 14.6. The van der Waals surface area contributed by atoms with Crippen LogP contribution in [0, 0.1) is 6.92 Å². The molecule has 0 radical (unpaired) electrons. The largest absolute Gasteiger partial charge is 0.528 e. The van der Waals surface area contributed by atoms with Crippen molar-refractivity contribution < 1.29 is 19.2 Å². The Morgan fingerprint density at radius 3 is 2.59 bits per heavy atom. The molecule has 37 heavy (non-hydrogen) atoms. The minimum absolute atomic E-state index is 0.00522. The second-order valence-corrected chi connectivity index (χ2v) is 10.5. The third-order valence-corrected chi connectivity index (χ3v) is 7.63. The lowest BCUT2D eigenvalue weighted by atomic mass is 9.99. The van der Waals surface area contributed by atoms with Crippen LogP contribution in [0.2, 0.25) is 10.0 Å². The van der Waals surface area contributed by atoms with Crippen LogP contribution < -0.4 is 5.32 Å². The average molecular weight is 561 g/mol. The molecule has 1 aliphatic rings. The zero-order valence-electron chi connectivity index (χ0n) is 19.7. The summed E-state index contributed by atoms with van der Waals surface area (Å²) in [5, 5.41) is 16.9. The van der Waals surface area contributed by atoms with Crippen LogP contribution in [0.25, 0.3) is 11.0 Å². The van der Waals surface area contributed by atoms with Gasteiger partial charge in [-0.3, -0.25) is 4.79 Å². The predicted octanol–water partition coefficient (Wildman–Crippen LogP) is 5.73. The third-order valence-electron chi connectivity index (χ3n) is 5.88. The van der Waals surface area contributed by atoms with E-state index in [-0.39, 0.29) is 18.4 Å². The van der Waals surface area contributed by atoms with E-state index in [0.717, 1.165) is 23.4 Å². The monoisotopic (exact) mass is 560 g/mol. The molecule has 0 aliphatic carbocycles. The minimum Gasteiger partial charge on any atom is -0.428 e. The Morgan fingerprint density at radius 2 is 1.84 bits per heavy atom. The second kappa shape index (κ2) is 11.0. The first kappa shape index (κ1) is 25.4. The van der Waals surface area contributed by atoms with E-state index in [1.807, 2.05) is 6.92 Å². The number of anilines is 1. The van der Waals surface area contributed by atoms with Crippen LogP contribution in [0.4, 0.5) is 10.5 Å². The van der Waals surface area contributed by atoms with Gasteiger partial charge in [0.25, 0.3) is 5.91 Å². The first-order valence-electron chi connectivity index (χ1n) is 11.5. The van der Waals surface area contributed by atoms with Gasteiger partial charge in [-0.2, -0.15) is 15.4 Å². The molecular weight excluding hydrogens is 539 g/mol. The average Bonchev–Trinajstić information content (AvgIpc) is 3.49. The highest BCUT2D eigenvalue weighted by Gasteiger charge is 2.27. The van der Waals surface area contributed by atoms with Gasteiger partial charge >= 0.3 is 6.16 Å². The van der Waals surface area contributed by atoms with Crippen LogP contribution in [-0.2, 0) is 16.2 Å². The van der Waals surface area contributed by atoms with Gasteiger partial charge in [-0.15, -0.1) is 16.4 Å². The van der Waals surface area contributed by atoms with Crippen molar-refractivity contribution in [2.45, 2.75) is 32.3 Å². The van der Waals surface area contributed by atoms with E-state index in [4.69, 9.17) is 32.8 Å². The molecule has 1 aliphatic heterocycles. The van der Waals surface area contributed by atoms with Crippen LogP contribution in [0.5, 0.6) is 0 Å². The molecule has 1 fully saturated rings. The van der Waals surface area contributed by atoms with Gasteiger partial charge in [0.2, 0.25) is 0 Å². The molecule has 0 spiro atoms. The summed E-state index contributed by atoms with van der Waals surface area (Å²) < 4.78 is 5.18. The maximum absolute atomic E-state index is 12.9. The zero-order chi connectivity index (χ0) is 25.9. The molecule has 3 heterocycles. The Morgan fingerprint density at radius 1 is 1.11 bits per heavy atom. The molecule has 1 saturated heterocycles. The summed E-state index contributed by atoms with van der Waals surface area (Å²) in [5.74, 6) is -0.0465. The molecule has 0 atom stereocenters. The van der Waals surface area contributed by atoms with Crippen molar-refractivity contribution >= 4 is 63.3 Å². The number of carbonyl (C=O) groups is 2. The van der Waals surface area contributed by atoms with Gasteiger partial charge in [0, 0.05) is 34.7 Å². The number of hydrogen-bond donors (Lipinski definition) is 2. The lowest BCUT2D eigenvalue weighted by Gasteiger charge is -2.28. The Balaban J connectivity index is 1.12. The van der Waals surface area contributed by atoms with Crippen molar-refractivity contribution in [1.29, 1.82) is 0 Å². The summed E-state index contributed by atoms with van der Waals surface area (Å²) in [6.45, 7) is 2.89. The number of carbonyl (C=O) groups excluding carboxylic acids is 2. The fraction of sp³-hybridized carbons (Fsp3) is 0.292. The van der Waals surface area contributed by atoms with Gasteiger partial charge in [0.15, 0.2) is 0 Å². The summed E-state index contributed by atoms with van der Waals surface area (Å²) in [7, 11) is 0. The maximum atomic E-state index is 12.9. The predicted molar refractivity (Wildman–Crippen MR) is 140 cm³/mol. The van der Waals surface area contributed by atoms with E-state index in [2.05, 4.69) is 25.7 Å². The number of hydroxylamine groups is 2. The van der Waals surface area contributed by atoms with Crippen molar-refractivity contribution in [3.05, 3.63) is 67.6 Å². The lowest BCUT2D eigenvalue weighted by molar-refractivity contribution is -0.140. The molecule has 2 N–H and O–H groups in total. The molecule has 2 aromatic carbocycles. The van der Waals surface area contributed by atoms with E-state index >= 15 is 0 Å². The van der Waals surface area contributed by atoms with Gasteiger partial charge in [0.05, 0.1) is 10.7 Å². The molecule has 0 unspecified atom stereocenters. The Labute approximate surface area is 225 Å². The van der Waals surface area contributed by atoms with E-state index in [9.17, 15) is 9.59 Å². The Kier molecular flexibility index (Phi) is 7.56. The Hall–Kier alpha value is -3.25. The molecule has 4 aromatic rings. The SMILES string of the molecule is Cc1nc(C2CCN(OC(=O)OCc3cc(Cl)cc(Cl)c3)CC2)sc1C(=O)Nc1ccc2n[nH]nc2c1. The van der Waals surface area contributed by atoms with Crippen molar-refractivity contribution in [3.63, 3.8) is 0 Å². The standard InChI is InChI=1S/C24H22Cl2N6O4S/c1-13-21(22(33)28-18-2-3-19-20(11-18)30-31-29-19)37-23(27-13)15-4-6-32(7-5-15)36-24(34)35-12-14-8-16(25)10-17(26)9-14/h2-3,8-11,15H,4-7,12H2,1H3,(H,28,33)(H,29,30,31). The van der Waals surface area contributed by atoms with Crippen molar-refractivity contribution in [3.8, 4) is 0 Å². The minimum atomic E-state index is -0.789. The highest BCUT2D eigenvalue weighted by atomic mass is 35.5. The number of aryl methyl sites for hydroxylation is 1. The summed E-state index contributed by atoms with van der Waals surface area (Å²) in [5.41, 5.74) is 3.39. The number of piperidine rings is 1. The molecular formula is C24H22Cl2N6O4S. The lowest BCUT2D eigenvalue weighted by Crippen LogP contribution is -2.35. The first-order valence-corrected chi connectivity index (χ1v) is 13.0. The maximum Gasteiger partial charge on any atom is 0.528 e. The summed E-state index contributed by atoms with van der Waals surface area (Å²) in [6.07, 6.45) is 0.671. The highest BCUT2D eigenvalue weighted by Crippen LogP contribution is 2.33. The van der Waals surface area contributed by atoms with Gasteiger partial charge < -0.3 is 14.9 Å². The number of rotatable bonds is 6. The number of hydrogen-bond acceptors (Lipinski definition) is 9. The summed E-state index contributed by atoms with van der Waals surface area (Å²) in [4.78, 5) is 35.6. The fourth-order valence-corrected chi connectivity index (χ4v) is 5.77. The van der Waals surface area contributed by atoms with Crippen LogP contribution in [0.15, 0.2) is 36.4 Å². The van der Waals surface area contributed by atoms with E-state index in [0.29, 0.717) is 50.5 Å². The van der Waals surface area contributed by atoms with Gasteiger partial charge in [0.1, 0.15) is 22.5 Å². The van der Waals surface area contributed by atoms with Gasteiger partial charge in [-0.05, 0) is 61.7 Å². The molecule has 10 nitrogen and oxygen atoms in total. The van der Waals surface area contributed by atoms with Crippen molar-refractivity contribution in [2.24, 2.45) is 0 Å². The van der Waals surface area contributed by atoms with Gasteiger partial charge in [-0.25, -0.2) is 9.78 Å². The van der Waals surface area contributed by atoms with Crippen molar-refractivity contribution in [1.82, 2.24) is 25.5 Å². The first-order chi connectivity index (χ1) is 17.8. The second-order valence-electron chi connectivity index (χ2n) is 8.56. The molecule has 13 heteroatoms. The number of aromatic nitrogens is 4. The number of thiazole rings is 1. The van der Waals surface area contributed by atoms with E-state index < -0.39 is 6.16 Å². The number of ether oxygens (including phenoxy) is 1. The van der Waals surface area contributed by atoms with Crippen molar-refractivity contribution in [2.75, 3.05) is 18.4 Å². The number of aromatic amines is 1.